The molecule has 8 rings (SSSR count). The molecule has 7 aromatic rings. The van der Waals surface area contributed by atoms with Crippen molar-refractivity contribution in [1.82, 2.24) is 9.55 Å². The van der Waals surface area contributed by atoms with E-state index in [1.807, 2.05) is 12.3 Å². The van der Waals surface area contributed by atoms with E-state index in [2.05, 4.69) is 176 Å². The van der Waals surface area contributed by atoms with Crippen molar-refractivity contribution in [1.29, 1.82) is 0 Å². The van der Waals surface area contributed by atoms with E-state index >= 15 is 0 Å². The number of anilines is 2. The van der Waals surface area contributed by atoms with E-state index in [1.54, 1.807) is 0 Å². The lowest BCUT2D eigenvalue weighted by molar-refractivity contribution is 0.483. The fraction of sp³-hybridized carbons (Fsp3) is 0.159. The lowest BCUT2D eigenvalue weighted by Crippen LogP contribution is -2.27. The molecule has 5 heteroatoms. The first-order valence-electron chi connectivity index (χ1n) is 16.9. The lowest BCUT2D eigenvalue weighted by atomic mass is 9.88. The van der Waals surface area contributed by atoms with Crippen LogP contribution < -0.4 is 14.5 Å². The van der Waals surface area contributed by atoms with Crippen LogP contribution in [0.4, 0.5) is 11.4 Å². The molecule has 5 aromatic carbocycles. The summed E-state index contributed by atoms with van der Waals surface area (Å²) in [5.74, 6) is 2.48. The Balaban J connectivity index is 1.09. The summed E-state index contributed by atoms with van der Waals surface area (Å²) in [6, 6.07) is 47.0. The molecular formula is C44H40N4O. The van der Waals surface area contributed by atoms with E-state index < -0.39 is 0 Å². The summed E-state index contributed by atoms with van der Waals surface area (Å²) in [7, 11) is 0. The second-order valence-electron chi connectivity index (χ2n) is 13.9. The Hall–Kier alpha value is -5.81. The van der Waals surface area contributed by atoms with Gasteiger partial charge in [0.1, 0.15) is 17.3 Å². The molecule has 0 amide bonds. The van der Waals surface area contributed by atoms with Crippen LogP contribution in [0, 0.1) is 0 Å². The molecule has 3 heterocycles. The minimum absolute atomic E-state index is 0.0151. The first kappa shape index (κ1) is 30.5. The Morgan fingerprint density at radius 1 is 0.571 bits per heavy atom. The third kappa shape index (κ3) is 5.61. The van der Waals surface area contributed by atoms with Crippen molar-refractivity contribution < 1.29 is 4.74 Å². The molecule has 0 atom stereocenters. The van der Waals surface area contributed by atoms with Crippen LogP contribution in [0.15, 0.2) is 151 Å². The van der Waals surface area contributed by atoms with Crippen LogP contribution in [0.3, 0.4) is 0 Å². The predicted molar refractivity (Wildman–Crippen MR) is 204 cm³/mol. The second-order valence-corrected chi connectivity index (χ2v) is 13.9. The van der Waals surface area contributed by atoms with Crippen molar-refractivity contribution in [3.63, 3.8) is 0 Å². The van der Waals surface area contributed by atoms with Crippen LogP contribution >= 0.6 is 0 Å². The highest BCUT2D eigenvalue weighted by Gasteiger charge is 2.26. The third-order valence-corrected chi connectivity index (χ3v) is 9.75. The van der Waals surface area contributed by atoms with Gasteiger partial charge in [0, 0.05) is 51.9 Å². The minimum Gasteiger partial charge on any atom is -0.457 e. The van der Waals surface area contributed by atoms with Crippen molar-refractivity contribution >= 4 is 33.2 Å². The maximum Gasteiger partial charge on any atom is 0.137 e. The van der Waals surface area contributed by atoms with Crippen LogP contribution in [0.1, 0.15) is 40.2 Å². The first-order valence-corrected chi connectivity index (χ1v) is 16.9. The third-order valence-electron chi connectivity index (χ3n) is 9.75. The van der Waals surface area contributed by atoms with E-state index in [0.29, 0.717) is 0 Å². The van der Waals surface area contributed by atoms with Gasteiger partial charge in [-0.15, -0.1) is 0 Å². The Labute approximate surface area is 288 Å². The molecule has 2 aromatic heterocycles. The monoisotopic (exact) mass is 640 g/mol. The molecule has 0 spiro atoms. The normalized spacial score (nSPS) is 13.6. The molecule has 0 unspecified atom stereocenters. The molecule has 242 valence electrons. The Kier molecular flexibility index (Phi) is 7.48. The van der Waals surface area contributed by atoms with Gasteiger partial charge in [-0.05, 0) is 90.6 Å². The van der Waals surface area contributed by atoms with Gasteiger partial charge in [-0.1, -0.05) is 87.5 Å². The van der Waals surface area contributed by atoms with Crippen LogP contribution in [-0.2, 0) is 5.41 Å². The smallest absolute Gasteiger partial charge is 0.137 e. The fourth-order valence-electron chi connectivity index (χ4n) is 6.88. The summed E-state index contributed by atoms with van der Waals surface area (Å²) in [6.45, 7) is 11.8. The van der Waals surface area contributed by atoms with Gasteiger partial charge in [0.25, 0.3) is 0 Å². The number of fused-ring (bicyclic) bond motifs is 3. The quantitative estimate of drug-likeness (QED) is 0.181. The van der Waals surface area contributed by atoms with Crippen LogP contribution in [-0.4, -0.2) is 16.2 Å². The number of ether oxygens (including phenoxy) is 1. The average Bonchev–Trinajstić information content (AvgIpc) is 3.61. The molecule has 0 aliphatic carbocycles. The highest BCUT2D eigenvalue weighted by molar-refractivity contribution is 6.09. The lowest BCUT2D eigenvalue weighted by Gasteiger charge is -2.24. The van der Waals surface area contributed by atoms with E-state index in [-0.39, 0.29) is 5.41 Å². The number of hydrogen-bond donors (Lipinski definition) is 0. The second kappa shape index (κ2) is 12.0. The van der Waals surface area contributed by atoms with Gasteiger partial charge in [0.05, 0.1) is 17.7 Å². The van der Waals surface area contributed by atoms with Gasteiger partial charge in [0.15, 0.2) is 0 Å². The number of allylic oxidation sites excluding steroid dienone is 2. The summed E-state index contributed by atoms with van der Waals surface area (Å²) in [5.41, 5.74) is 10.6. The average molecular weight is 641 g/mol. The van der Waals surface area contributed by atoms with Crippen molar-refractivity contribution in [3.8, 4) is 28.4 Å². The number of para-hydroxylation sites is 1. The van der Waals surface area contributed by atoms with Gasteiger partial charge in [0.2, 0.25) is 0 Å². The molecule has 49 heavy (non-hydrogen) atoms. The summed E-state index contributed by atoms with van der Waals surface area (Å²) in [5, 5.41) is 2.37. The number of pyridine rings is 1. The van der Waals surface area contributed by atoms with Gasteiger partial charge in [-0.3, -0.25) is 4.57 Å². The minimum atomic E-state index is 0.0151. The molecule has 0 radical (unpaired) electrons. The highest BCUT2D eigenvalue weighted by Crippen LogP contribution is 2.38. The zero-order chi connectivity index (χ0) is 33.7. The predicted octanol–water partition coefficient (Wildman–Crippen LogP) is 11.5. The summed E-state index contributed by atoms with van der Waals surface area (Å²) in [4.78, 5) is 9.55. The van der Waals surface area contributed by atoms with Crippen LogP contribution in [0.5, 0.6) is 11.5 Å². The van der Waals surface area contributed by atoms with Gasteiger partial charge in [-0.25, -0.2) is 4.98 Å². The van der Waals surface area contributed by atoms with E-state index in [0.717, 1.165) is 40.7 Å². The fourth-order valence-corrected chi connectivity index (χ4v) is 6.88. The Bertz CT molecular complexity index is 2350. The molecular weight excluding hydrogens is 601 g/mol. The summed E-state index contributed by atoms with van der Waals surface area (Å²) in [6.07, 6.45) is 1.92. The zero-order valence-electron chi connectivity index (χ0n) is 28.7. The van der Waals surface area contributed by atoms with E-state index in [1.165, 1.54) is 44.5 Å². The van der Waals surface area contributed by atoms with Crippen molar-refractivity contribution in [3.05, 3.63) is 157 Å². The molecule has 5 nitrogen and oxygen atoms in total. The molecule has 0 saturated carbocycles. The van der Waals surface area contributed by atoms with Crippen molar-refractivity contribution in [2.75, 3.05) is 16.5 Å². The molecule has 0 saturated heterocycles. The van der Waals surface area contributed by atoms with Crippen molar-refractivity contribution in [2.45, 2.75) is 40.0 Å². The summed E-state index contributed by atoms with van der Waals surface area (Å²) < 4.78 is 8.85. The van der Waals surface area contributed by atoms with Crippen LogP contribution in [0.25, 0.3) is 38.8 Å². The number of aromatic nitrogens is 2. The van der Waals surface area contributed by atoms with Crippen LogP contribution in [0.2, 0.25) is 0 Å². The summed E-state index contributed by atoms with van der Waals surface area (Å²) >= 11 is 0. The Morgan fingerprint density at radius 2 is 1.24 bits per heavy atom. The first-order chi connectivity index (χ1) is 23.7. The molecule has 1 aliphatic rings. The molecule has 1 aliphatic heterocycles. The van der Waals surface area contributed by atoms with E-state index in [4.69, 9.17) is 9.72 Å². The number of hydrogen-bond acceptors (Lipinski definition) is 4. The SMILES string of the molecule is CC1=C(C)N(c2cccc(Oc3ccc4c5ccccc5n(-c5cc(C(C)(C)C)ccn5)c4c3)c2)CN1c1ccc(-c2ccccc2)cc1. The molecule has 0 N–H and O–H groups in total. The van der Waals surface area contributed by atoms with Gasteiger partial charge < -0.3 is 14.5 Å². The van der Waals surface area contributed by atoms with Gasteiger partial charge in [-0.2, -0.15) is 0 Å². The largest absolute Gasteiger partial charge is 0.457 e. The maximum atomic E-state index is 6.59. The Morgan fingerprint density at radius 3 is 2.02 bits per heavy atom. The topological polar surface area (TPSA) is 33.5 Å². The molecule has 0 fully saturated rings. The number of rotatable bonds is 6. The zero-order valence-corrected chi connectivity index (χ0v) is 28.7. The maximum absolute atomic E-state index is 6.59. The van der Waals surface area contributed by atoms with Crippen molar-refractivity contribution in [2.24, 2.45) is 0 Å². The number of nitrogens with zero attached hydrogens (tertiary/aromatic N) is 4. The standard InChI is InChI=1S/C44H40N4O/c1-30-31(2)47(29-46(30)35-20-18-33(19-21-35)32-12-7-6-8-13-32)36-14-11-15-37(27-36)49-38-22-23-40-39-16-9-10-17-41(39)48(42(40)28-38)43-26-34(24-25-45-43)44(3,4)5/h6-28H,29H2,1-5H3. The highest BCUT2D eigenvalue weighted by atomic mass is 16.5. The van der Waals surface area contributed by atoms with Gasteiger partial charge >= 0.3 is 0 Å². The number of benzene rings is 5. The van der Waals surface area contributed by atoms with E-state index in [9.17, 15) is 0 Å². The molecule has 0 bridgehead atoms.